The van der Waals surface area contributed by atoms with Crippen molar-refractivity contribution in [3.8, 4) is 5.75 Å². The number of aromatic nitrogens is 1. The Bertz CT molecular complexity index is 713. The van der Waals surface area contributed by atoms with Crippen LogP contribution in [0.25, 0.3) is 6.08 Å². The molecule has 1 aromatic carbocycles. The number of hydrogen-bond acceptors (Lipinski definition) is 4. The topological polar surface area (TPSA) is 68.5 Å². The van der Waals surface area contributed by atoms with Crippen LogP contribution in [0.5, 0.6) is 5.75 Å². The molecule has 1 aliphatic rings. The molecule has 1 amide bonds. The van der Waals surface area contributed by atoms with Crippen molar-refractivity contribution in [3.05, 3.63) is 66.0 Å². The van der Waals surface area contributed by atoms with Gasteiger partial charge in [0.05, 0.1) is 5.69 Å². The van der Waals surface area contributed by atoms with Gasteiger partial charge in [-0.1, -0.05) is 18.2 Å². The van der Waals surface area contributed by atoms with Crippen LogP contribution in [0.1, 0.15) is 24.1 Å². The summed E-state index contributed by atoms with van der Waals surface area (Å²) in [5.74, 6) is 0.793. The summed E-state index contributed by atoms with van der Waals surface area (Å²) in [6.07, 6.45) is 7.15. The Morgan fingerprint density at radius 3 is 2.84 bits per heavy atom. The molecule has 1 aromatic heterocycles. The Hall–Kier alpha value is -2.66. The summed E-state index contributed by atoms with van der Waals surface area (Å²) in [5, 5.41) is 0. The molecule has 1 saturated heterocycles. The molecule has 0 saturated carbocycles. The van der Waals surface area contributed by atoms with E-state index < -0.39 is 0 Å². The minimum atomic E-state index is 0.0191. The van der Waals surface area contributed by atoms with E-state index in [1.54, 1.807) is 12.3 Å². The van der Waals surface area contributed by atoms with E-state index in [0.29, 0.717) is 13.2 Å². The van der Waals surface area contributed by atoms with Crippen molar-refractivity contribution in [1.82, 2.24) is 9.88 Å². The Morgan fingerprint density at radius 1 is 1.28 bits per heavy atom. The van der Waals surface area contributed by atoms with Crippen LogP contribution in [0, 0.1) is 0 Å². The van der Waals surface area contributed by atoms with E-state index in [4.69, 9.17) is 10.5 Å². The quantitative estimate of drug-likeness (QED) is 0.852. The number of nitrogens with zero attached hydrogens (tertiary/aromatic N) is 2. The highest BCUT2D eigenvalue weighted by atomic mass is 16.5. The Balaban J connectivity index is 1.52. The fourth-order valence-corrected chi connectivity index (χ4v) is 2.80. The molecule has 1 atom stereocenters. The Morgan fingerprint density at radius 2 is 2.12 bits per heavy atom. The molecule has 25 heavy (non-hydrogen) atoms. The highest BCUT2D eigenvalue weighted by molar-refractivity contribution is 5.91. The third-order valence-electron chi connectivity index (χ3n) is 4.18. The fraction of sp³-hybridized carbons (Fsp3) is 0.300. The zero-order valence-electron chi connectivity index (χ0n) is 14.2. The van der Waals surface area contributed by atoms with Crippen LogP contribution >= 0.6 is 0 Å². The Labute approximate surface area is 148 Å². The Kier molecular flexibility index (Phi) is 5.80. The van der Waals surface area contributed by atoms with E-state index in [2.05, 4.69) is 4.98 Å². The molecule has 3 rings (SSSR count). The van der Waals surface area contributed by atoms with Crippen molar-refractivity contribution in [3.63, 3.8) is 0 Å². The first-order valence-corrected chi connectivity index (χ1v) is 8.56. The minimum Gasteiger partial charge on any atom is -0.487 e. The molecule has 1 fully saturated rings. The molecule has 2 aromatic rings. The highest BCUT2D eigenvalue weighted by Gasteiger charge is 2.19. The van der Waals surface area contributed by atoms with E-state index in [1.807, 2.05) is 53.4 Å². The van der Waals surface area contributed by atoms with Crippen molar-refractivity contribution in [2.24, 2.45) is 5.73 Å². The maximum Gasteiger partial charge on any atom is 0.246 e. The first-order chi connectivity index (χ1) is 12.2. The van der Waals surface area contributed by atoms with Gasteiger partial charge in [0, 0.05) is 31.4 Å². The lowest BCUT2D eigenvalue weighted by Gasteiger charge is -2.29. The summed E-state index contributed by atoms with van der Waals surface area (Å²) in [6.45, 7) is 1.87. The molecule has 1 aliphatic heterocycles. The molecule has 2 N–H and O–H groups in total. The number of nitrogens with two attached hydrogens (primary N) is 1. The van der Waals surface area contributed by atoms with Gasteiger partial charge >= 0.3 is 0 Å². The SMILES string of the molecule is NC1CCCN(C(=O)C=Cc2ccc(OCc3ccccn3)cc2)C1. The van der Waals surface area contributed by atoms with Crippen molar-refractivity contribution in [2.45, 2.75) is 25.5 Å². The molecule has 0 spiro atoms. The number of hydrogen-bond donors (Lipinski definition) is 1. The number of rotatable bonds is 5. The maximum absolute atomic E-state index is 12.2. The largest absolute Gasteiger partial charge is 0.487 e. The summed E-state index contributed by atoms with van der Waals surface area (Å²) in [6, 6.07) is 13.5. The summed E-state index contributed by atoms with van der Waals surface area (Å²) >= 11 is 0. The highest BCUT2D eigenvalue weighted by Crippen LogP contribution is 2.15. The molecular formula is C20H23N3O2. The van der Waals surface area contributed by atoms with E-state index in [1.165, 1.54) is 0 Å². The summed E-state index contributed by atoms with van der Waals surface area (Å²) < 4.78 is 5.70. The van der Waals surface area contributed by atoms with Crippen LogP contribution < -0.4 is 10.5 Å². The van der Waals surface area contributed by atoms with Crippen molar-refractivity contribution >= 4 is 12.0 Å². The van der Waals surface area contributed by atoms with Gasteiger partial charge < -0.3 is 15.4 Å². The van der Waals surface area contributed by atoms with E-state index in [9.17, 15) is 4.79 Å². The van der Waals surface area contributed by atoms with Crippen molar-refractivity contribution in [2.75, 3.05) is 13.1 Å². The lowest BCUT2D eigenvalue weighted by Crippen LogP contribution is -2.45. The molecule has 0 radical (unpaired) electrons. The average molecular weight is 337 g/mol. The molecule has 130 valence electrons. The predicted molar refractivity (Wildman–Crippen MR) is 97.8 cm³/mol. The number of ether oxygens (including phenoxy) is 1. The average Bonchev–Trinajstić information content (AvgIpc) is 2.66. The third kappa shape index (κ3) is 5.16. The van der Waals surface area contributed by atoms with E-state index >= 15 is 0 Å². The second kappa shape index (κ2) is 8.44. The molecule has 2 heterocycles. The molecule has 5 nitrogen and oxygen atoms in total. The van der Waals surface area contributed by atoms with Gasteiger partial charge in [-0.2, -0.15) is 0 Å². The fourth-order valence-electron chi connectivity index (χ4n) is 2.80. The lowest BCUT2D eigenvalue weighted by atomic mass is 10.1. The number of piperidine rings is 1. The second-order valence-corrected chi connectivity index (χ2v) is 6.20. The summed E-state index contributed by atoms with van der Waals surface area (Å²) in [5.41, 5.74) is 7.77. The predicted octanol–water partition coefficient (Wildman–Crippen LogP) is 2.62. The van der Waals surface area contributed by atoms with Crippen LogP contribution in [0.4, 0.5) is 0 Å². The number of pyridine rings is 1. The smallest absolute Gasteiger partial charge is 0.246 e. The molecule has 5 heteroatoms. The maximum atomic E-state index is 12.2. The van der Waals surface area contributed by atoms with Crippen molar-refractivity contribution in [1.29, 1.82) is 0 Å². The zero-order valence-corrected chi connectivity index (χ0v) is 14.2. The third-order valence-corrected chi connectivity index (χ3v) is 4.18. The molecule has 0 aliphatic carbocycles. The van der Waals surface area contributed by atoms with Crippen molar-refractivity contribution < 1.29 is 9.53 Å². The lowest BCUT2D eigenvalue weighted by molar-refractivity contribution is -0.127. The van der Waals surface area contributed by atoms with E-state index in [0.717, 1.165) is 36.4 Å². The van der Waals surface area contributed by atoms with Crippen LogP contribution in [0.3, 0.4) is 0 Å². The number of carbonyl (C=O) groups excluding carboxylic acids is 1. The number of amides is 1. The zero-order chi connectivity index (χ0) is 17.5. The van der Waals surface area contributed by atoms with Gasteiger partial charge in [0.1, 0.15) is 12.4 Å². The van der Waals surface area contributed by atoms with Gasteiger partial charge in [0.25, 0.3) is 0 Å². The van der Waals surface area contributed by atoms with Gasteiger partial charge in [-0.15, -0.1) is 0 Å². The standard InChI is InChI=1S/C20H23N3O2/c21-17-4-3-13-23(14-17)20(24)11-8-16-6-9-19(10-7-16)25-15-18-5-1-2-12-22-18/h1-2,5-12,17H,3-4,13-15,21H2. The first-order valence-electron chi connectivity index (χ1n) is 8.56. The van der Waals surface area contributed by atoms with Crippen LogP contribution in [0.15, 0.2) is 54.7 Å². The molecular weight excluding hydrogens is 314 g/mol. The van der Waals surface area contributed by atoms with Gasteiger partial charge in [0.2, 0.25) is 5.91 Å². The first kappa shape index (κ1) is 17.2. The normalized spacial score (nSPS) is 17.6. The number of likely N-dealkylation sites (tertiary alicyclic amines) is 1. The van der Waals surface area contributed by atoms with Crippen LogP contribution in [0.2, 0.25) is 0 Å². The molecule has 0 bridgehead atoms. The van der Waals surface area contributed by atoms with E-state index in [-0.39, 0.29) is 11.9 Å². The van der Waals surface area contributed by atoms with Gasteiger partial charge in [-0.25, -0.2) is 0 Å². The number of carbonyl (C=O) groups is 1. The minimum absolute atomic E-state index is 0.0191. The van der Waals surface area contributed by atoms with Gasteiger partial charge in [-0.3, -0.25) is 9.78 Å². The number of benzene rings is 1. The summed E-state index contributed by atoms with van der Waals surface area (Å²) in [4.78, 5) is 18.2. The van der Waals surface area contributed by atoms with Gasteiger partial charge in [-0.05, 0) is 48.7 Å². The van der Waals surface area contributed by atoms with Crippen LogP contribution in [-0.2, 0) is 11.4 Å². The monoisotopic (exact) mass is 337 g/mol. The van der Waals surface area contributed by atoms with Gasteiger partial charge in [0.15, 0.2) is 0 Å². The summed E-state index contributed by atoms with van der Waals surface area (Å²) in [7, 11) is 0. The second-order valence-electron chi connectivity index (χ2n) is 6.20. The van der Waals surface area contributed by atoms with Crippen LogP contribution in [-0.4, -0.2) is 34.9 Å². The molecule has 1 unspecified atom stereocenters.